The monoisotopic (exact) mass is 288 g/mol. The molecule has 1 heterocycles. The first-order valence-corrected chi connectivity index (χ1v) is 6.47. The minimum atomic E-state index is 0.110. The van der Waals surface area contributed by atoms with Crippen LogP contribution in [0.5, 0.6) is 5.75 Å². The summed E-state index contributed by atoms with van der Waals surface area (Å²) in [5.41, 5.74) is 1.45. The first-order valence-electron chi connectivity index (χ1n) is 4.90. The summed E-state index contributed by atoms with van der Waals surface area (Å²) < 4.78 is 0.514. The van der Waals surface area contributed by atoms with Crippen LogP contribution in [0.2, 0.25) is 9.49 Å². The van der Waals surface area contributed by atoms with E-state index >= 15 is 0 Å². The molecule has 0 radical (unpaired) electrons. The molecule has 0 saturated heterocycles. The SMILES string of the molecule is Cc1ccc(NCc2cnc(Cl)s2)c(Cl)c1O. The summed E-state index contributed by atoms with van der Waals surface area (Å²) in [6, 6.07) is 3.64. The molecule has 1 aromatic heterocycles. The third-order valence-electron chi connectivity index (χ3n) is 2.30. The van der Waals surface area contributed by atoms with Gasteiger partial charge < -0.3 is 10.4 Å². The Balaban J connectivity index is 2.12. The number of nitrogens with one attached hydrogen (secondary N) is 1. The van der Waals surface area contributed by atoms with Crippen molar-refractivity contribution in [1.29, 1.82) is 0 Å². The zero-order chi connectivity index (χ0) is 12.4. The van der Waals surface area contributed by atoms with E-state index in [1.165, 1.54) is 11.3 Å². The van der Waals surface area contributed by atoms with Gasteiger partial charge in [0.25, 0.3) is 0 Å². The molecule has 0 aliphatic carbocycles. The van der Waals surface area contributed by atoms with Crippen molar-refractivity contribution in [2.75, 3.05) is 5.32 Å². The molecule has 3 nitrogen and oxygen atoms in total. The first kappa shape index (κ1) is 12.5. The molecule has 0 unspecified atom stereocenters. The Morgan fingerprint density at radius 1 is 1.41 bits per heavy atom. The van der Waals surface area contributed by atoms with E-state index in [0.29, 0.717) is 21.7 Å². The van der Waals surface area contributed by atoms with Crippen LogP contribution in [0.1, 0.15) is 10.4 Å². The van der Waals surface area contributed by atoms with E-state index in [9.17, 15) is 5.11 Å². The molecule has 2 rings (SSSR count). The van der Waals surface area contributed by atoms with Crippen LogP contribution in [0.25, 0.3) is 0 Å². The molecule has 2 N–H and O–H groups in total. The number of rotatable bonds is 3. The van der Waals surface area contributed by atoms with Gasteiger partial charge in [0.15, 0.2) is 4.47 Å². The lowest BCUT2D eigenvalue weighted by atomic mass is 10.2. The van der Waals surface area contributed by atoms with Gasteiger partial charge >= 0.3 is 0 Å². The summed E-state index contributed by atoms with van der Waals surface area (Å²) in [5, 5.41) is 13.1. The Hall–Kier alpha value is -0.970. The standard InChI is InChI=1S/C11H10Cl2N2OS/c1-6-2-3-8(9(12)10(6)16)14-4-7-5-15-11(13)17-7/h2-3,5,14,16H,4H2,1H3. The average molecular weight is 289 g/mol. The summed E-state index contributed by atoms with van der Waals surface area (Å²) in [4.78, 5) is 4.95. The summed E-state index contributed by atoms with van der Waals surface area (Å²) in [5.74, 6) is 0.110. The van der Waals surface area contributed by atoms with Crippen molar-refractivity contribution >= 4 is 40.2 Å². The number of benzene rings is 1. The highest BCUT2D eigenvalue weighted by Gasteiger charge is 2.08. The van der Waals surface area contributed by atoms with Gasteiger partial charge in [-0.15, -0.1) is 11.3 Å². The lowest BCUT2D eigenvalue weighted by molar-refractivity contribution is 0.471. The molecule has 0 aliphatic rings. The number of aromatic nitrogens is 1. The zero-order valence-corrected chi connectivity index (χ0v) is 11.3. The fraction of sp³-hybridized carbons (Fsp3) is 0.182. The molecule has 0 aliphatic heterocycles. The molecule has 17 heavy (non-hydrogen) atoms. The predicted molar refractivity (Wildman–Crippen MR) is 72.3 cm³/mol. The van der Waals surface area contributed by atoms with E-state index in [4.69, 9.17) is 23.2 Å². The van der Waals surface area contributed by atoms with Gasteiger partial charge in [-0.1, -0.05) is 29.3 Å². The van der Waals surface area contributed by atoms with Crippen molar-refractivity contribution in [2.24, 2.45) is 0 Å². The van der Waals surface area contributed by atoms with Gasteiger partial charge in [0.1, 0.15) is 10.8 Å². The third-order valence-corrected chi connectivity index (χ3v) is 3.79. The number of hydrogen-bond acceptors (Lipinski definition) is 4. The molecular formula is C11H10Cl2N2OS. The van der Waals surface area contributed by atoms with Gasteiger partial charge in [-0.3, -0.25) is 0 Å². The minimum absolute atomic E-state index is 0.110. The summed E-state index contributed by atoms with van der Waals surface area (Å²) in [7, 11) is 0. The number of aromatic hydroxyl groups is 1. The number of aryl methyl sites for hydroxylation is 1. The summed E-state index contributed by atoms with van der Waals surface area (Å²) >= 11 is 13.2. The number of phenols is 1. The molecule has 6 heteroatoms. The topological polar surface area (TPSA) is 45.2 Å². The highest BCUT2D eigenvalue weighted by molar-refractivity contribution is 7.15. The van der Waals surface area contributed by atoms with Gasteiger partial charge in [0, 0.05) is 11.1 Å². The number of phenolic OH excluding ortho intramolecular Hbond substituents is 1. The highest BCUT2D eigenvalue weighted by Crippen LogP contribution is 2.34. The number of hydrogen-bond donors (Lipinski definition) is 2. The fourth-order valence-electron chi connectivity index (χ4n) is 1.35. The molecule has 0 fully saturated rings. The van der Waals surface area contributed by atoms with Gasteiger partial charge in [0.2, 0.25) is 0 Å². The van der Waals surface area contributed by atoms with Crippen molar-refractivity contribution in [3.8, 4) is 5.75 Å². The van der Waals surface area contributed by atoms with Crippen molar-refractivity contribution in [2.45, 2.75) is 13.5 Å². The molecule has 0 saturated carbocycles. The van der Waals surface area contributed by atoms with E-state index in [-0.39, 0.29) is 5.75 Å². The molecule has 2 aromatic rings. The van der Waals surface area contributed by atoms with Crippen molar-refractivity contribution < 1.29 is 5.11 Å². The smallest absolute Gasteiger partial charge is 0.183 e. The van der Waals surface area contributed by atoms with Gasteiger partial charge in [-0.05, 0) is 18.6 Å². The second kappa shape index (κ2) is 5.12. The summed E-state index contributed by atoms with van der Waals surface area (Å²) in [6.07, 6.45) is 1.71. The normalized spacial score (nSPS) is 10.5. The van der Waals surface area contributed by atoms with Crippen molar-refractivity contribution in [1.82, 2.24) is 4.98 Å². The number of thiazole rings is 1. The van der Waals surface area contributed by atoms with Crippen LogP contribution in [0.3, 0.4) is 0 Å². The maximum Gasteiger partial charge on any atom is 0.183 e. The second-order valence-electron chi connectivity index (χ2n) is 3.53. The van der Waals surface area contributed by atoms with E-state index < -0.39 is 0 Å². The fourth-order valence-corrected chi connectivity index (χ4v) is 2.54. The van der Waals surface area contributed by atoms with Crippen molar-refractivity contribution in [3.05, 3.63) is 38.3 Å². The Morgan fingerprint density at radius 2 is 2.18 bits per heavy atom. The lowest BCUT2D eigenvalue weighted by Gasteiger charge is -2.09. The molecule has 0 amide bonds. The lowest BCUT2D eigenvalue weighted by Crippen LogP contribution is -1.98. The highest BCUT2D eigenvalue weighted by atomic mass is 35.5. The van der Waals surface area contributed by atoms with E-state index in [2.05, 4.69) is 10.3 Å². The Morgan fingerprint density at radius 3 is 2.82 bits per heavy atom. The number of nitrogens with zero attached hydrogens (tertiary/aromatic N) is 1. The first-order chi connectivity index (χ1) is 8.08. The number of anilines is 1. The summed E-state index contributed by atoms with van der Waals surface area (Å²) in [6.45, 7) is 2.38. The number of halogens is 2. The maximum absolute atomic E-state index is 9.69. The van der Waals surface area contributed by atoms with Crippen LogP contribution < -0.4 is 5.32 Å². The van der Waals surface area contributed by atoms with Crippen molar-refractivity contribution in [3.63, 3.8) is 0 Å². The molecule has 1 aromatic carbocycles. The van der Waals surface area contributed by atoms with E-state index in [0.717, 1.165) is 10.4 Å². The van der Waals surface area contributed by atoms with Crippen LogP contribution >= 0.6 is 34.5 Å². The van der Waals surface area contributed by atoms with E-state index in [1.54, 1.807) is 13.1 Å². The Labute approximate surface area is 113 Å². The van der Waals surface area contributed by atoms with Crippen LogP contribution in [-0.2, 0) is 6.54 Å². The molecule has 0 spiro atoms. The van der Waals surface area contributed by atoms with Gasteiger partial charge in [0.05, 0.1) is 12.2 Å². The van der Waals surface area contributed by atoms with Crippen LogP contribution in [0, 0.1) is 6.92 Å². The van der Waals surface area contributed by atoms with E-state index in [1.807, 2.05) is 12.1 Å². The molecule has 90 valence electrons. The molecule has 0 atom stereocenters. The maximum atomic E-state index is 9.69. The van der Waals surface area contributed by atoms with Crippen LogP contribution in [0.4, 0.5) is 5.69 Å². The predicted octanol–water partition coefficient (Wildman–Crippen LogP) is 4.08. The van der Waals surface area contributed by atoms with Crippen LogP contribution in [-0.4, -0.2) is 10.1 Å². The zero-order valence-electron chi connectivity index (χ0n) is 9.00. The van der Waals surface area contributed by atoms with Crippen LogP contribution in [0.15, 0.2) is 18.3 Å². The Bertz CT molecular complexity index is 542. The van der Waals surface area contributed by atoms with Gasteiger partial charge in [-0.25, -0.2) is 4.98 Å². The average Bonchev–Trinajstić information content (AvgIpc) is 2.71. The molecular weight excluding hydrogens is 279 g/mol. The van der Waals surface area contributed by atoms with Gasteiger partial charge in [-0.2, -0.15) is 0 Å². The molecule has 0 bridgehead atoms. The largest absolute Gasteiger partial charge is 0.506 e. The third kappa shape index (κ3) is 2.83. The quantitative estimate of drug-likeness (QED) is 0.895. The minimum Gasteiger partial charge on any atom is -0.506 e. The Kier molecular flexibility index (Phi) is 3.76. The second-order valence-corrected chi connectivity index (χ2v) is 5.60.